The van der Waals surface area contributed by atoms with Gasteiger partial charge in [-0.2, -0.15) is 0 Å². The summed E-state index contributed by atoms with van der Waals surface area (Å²) >= 11 is 0. The first-order chi connectivity index (χ1) is 6.74. The summed E-state index contributed by atoms with van der Waals surface area (Å²) < 4.78 is 0. The molecule has 0 bridgehead atoms. The van der Waals surface area contributed by atoms with E-state index in [2.05, 4.69) is 19.1 Å². The van der Waals surface area contributed by atoms with Crippen LogP contribution in [0.2, 0.25) is 0 Å². The molecule has 4 atom stereocenters. The zero-order chi connectivity index (χ0) is 9.76. The van der Waals surface area contributed by atoms with E-state index >= 15 is 0 Å². The molecule has 3 aliphatic carbocycles. The number of ketones is 1. The number of hydrogen-bond donors (Lipinski definition) is 0. The van der Waals surface area contributed by atoms with Crippen molar-refractivity contribution >= 4 is 5.78 Å². The van der Waals surface area contributed by atoms with E-state index in [4.69, 9.17) is 0 Å². The lowest BCUT2D eigenvalue weighted by Gasteiger charge is -2.40. The highest BCUT2D eigenvalue weighted by Crippen LogP contribution is 2.60. The highest BCUT2D eigenvalue weighted by molar-refractivity contribution is 5.85. The first kappa shape index (κ1) is 8.70. The van der Waals surface area contributed by atoms with Gasteiger partial charge in [0.1, 0.15) is 5.78 Å². The van der Waals surface area contributed by atoms with Gasteiger partial charge in [-0.1, -0.05) is 25.5 Å². The molecule has 2 saturated carbocycles. The molecule has 0 aromatic rings. The second-order valence-corrected chi connectivity index (χ2v) is 5.42. The lowest BCUT2D eigenvalue weighted by atomic mass is 9.62. The monoisotopic (exact) mass is 190 g/mol. The maximum absolute atomic E-state index is 11.9. The van der Waals surface area contributed by atoms with Gasteiger partial charge in [-0.25, -0.2) is 0 Å². The van der Waals surface area contributed by atoms with Crippen LogP contribution in [-0.2, 0) is 4.79 Å². The molecule has 0 N–H and O–H groups in total. The van der Waals surface area contributed by atoms with Gasteiger partial charge in [-0.05, 0) is 36.5 Å². The SMILES string of the molecule is C[C@H]1C=C[C@H]2CCC[C@@]23CCC(=O)[C@@H]13. The molecule has 0 heterocycles. The number of hydrogen-bond acceptors (Lipinski definition) is 1. The molecule has 76 valence electrons. The molecule has 3 aliphatic rings. The summed E-state index contributed by atoms with van der Waals surface area (Å²) in [7, 11) is 0. The maximum Gasteiger partial charge on any atom is 0.137 e. The Morgan fingerprint density at radius 2 is 2.21 bits per heavy atom. The average molecular weight is 190 g/mol. The number of allylic oxidation sites excluding steroid dienone is 2. The van der Waals surface area contributed by atoms with Crippen molar-refractivity contribution < 1.29 is 4.79 Å². The average Bonchev–Trinajstić information content (AvgIpc) is 2.71. The minimum Gasteiger partial charge on any atom is -0.299 e. The van der Waals surface area contributed by atoms with E-state index in [1.165, 1.54) is 25.7 Å². The number of Topliss-reactive ketones (excluding diaryl/α,β-unsaturated/α-hetero) is 1. The highest BCUT2D eigenvalue weighted by atomic mass is 16.1. The maximum atomic E-state index is 11.9. The Labute approximate surface area is 85.6 Å². The minimum absolute atomic E-state index is 0.375. The molecular weight excluding hydrogens is 172 g/mol. The van der Waals surface area contributed by atoms with Gasteiger partial charge in [0, 0.05) is 12.3 Å². The third-order valence-electron chi connectivity index (χ3n) is 4.87. The molecule has 0 radical (unpaired) electrons. The molecule has 0 aliphatic heterocycles. The summed E-state index contributed by atoms with van der Waals surface area (Å²) in [5.41, 5.74) is 0.408. The zero-order valence-electron chi connectivity index (χ0n) is 8.83. The molecule has 0 unspecified atom stereocenters. The number of carbonyl (C=O) groups is 1. The Bertz CT molecular complexity index is 304. The molecule has 1 nitrogen and oxygen atoms in total. The van der Waals surface area contributed by atoms with Gasteiger partial charge in [-0.15, -0.1) is 0 Å². The fourth-order valence-corrected chi connectivity index (χ4v) is 4.33. The van der Waals surface area contributed by atoms with Crippen molar-refractivity contribution in [1.82, 2.24) is 0 Å². The van der Waals surface area contributed by atoms with Gasteiger partial charge >= 0.3 is 0 Å². The van der Waals surface area contributed by atoms with Crippen molar-refractivity contribution in [3.8, 4) is 0 Å². The van der Waals surface area contributed by atoms with Gasteiger partial charge in [0.25, 0.3) is 0 Å². The summed E-state index contributed by atoms with van der Waals surface area (Å²) in [6.07, 6.45) is 10.7. The Balaban J connectivity index is 2.07. The number of carbonyl (C=O) groups excluding carboxylic acids is 1. The summed E-state index contributed by atoms with van der Waals surface area (Å²) in [6, 6.07) is 0. The molecule has 14 heavy (non-hydrogen) atoms. The van der Waals surface area contributed by atoms with Crippen LogP contribution >= 0.6 is 0 Å². The van der Waals surface area contributed by atoms with Crippen molar-refractivity contribution in [2.45, 2.75) is 39.0 Å². The van der Waals surface area contributed by atoms with Gasteiger partial charge < -0.3 is 0 Å². The molecule has 3 rings (SSSR count). The predicted molar refractivity (Wildman–Crippen MR) is 55.8 cm³/mol. The Morgan fingerprint density at radius 3 is 3.07 bits per heavy atom. The normalized spacial score (nSPS) is 50.6. The molecule has 0 amide bonds. The second-order valence-electron chi connectivity index (χ2n) is 5.42. The van der Waals surface area contributed by atoms with E-state index in [0.29, 0.717) is 23.0 Å². The Kier molecular flexibility index (Phi) is 1.68. The van der Waals surface area contributed by atoms with Crippen molar-refractivity contribution in [1.29, 1.82) is 0 Å². The Morgan fingerprint density at radius 1 is 1.36 bits per heavy atom. The summed E-state index contributed by atoms with van der Waals surface area (Å²) in [5, 5.41) is 0. The van der Waals surface area contributed by atoms with Gasteiger partial charge in [0.2, 0.25) is 0 Å². The molecule has 0 aromatic carbocycles. The smallest absolute Gasteiger partial charge is 0.137 e. The van der Waals surface area contributed by atoms with Crippen LogP contribution in [0.3, 0.4) is 0 Å². The van der Waals surface area contributed by atoms with Crippen molar-refractivity contribution in [3.63, 3.8) is 0 Å². The third-order valence-corrected chi connectivity index (χ3v) is 4.87. The molecule has 2 fully saturated rings. The lowest BCUT2D eigenvalue weighted by Crippen LogP contribution is -2.38. The minimum atomic E-state index is 0.375. The standard InChI is InChI=1S/C13H18O/c1-9-4-5-10-3-2-7-13(10)8-6-11(14)12(9)13/h4-5,9-10,12H,2-3,6-8H2,1H3/t9-,10+,12+,13+/m0/s1. The Hall–Kier alpha value is -0.590. The highest BCUT2D eigenvalue weighted by Gasteiger charge is 2.56. The van der Waals surface area contributed by atoms with E-state index in [1.807, 2.05) is 0 Å². The molecular formula is C13H18O. The molecule has 1 spiro atoms. The summed E-state index contributed by atoms with van der Waals surface area (Å²) in [6.45, 7) is 2.22. The van der Waals surface area contributed by atoms with Crippen LogP contribution in [0, 0.1) is 23.2 Å². The van der Waals surface area contributed by atoms with Crippen molar-refractivity contribution in [2.75, 3.05) is 0 Å². The van der Waals surface area contributed by atoms with Crippen LogP contribution in [0.1, 0.15) is 39.0 Å². The molecule has 0 aromatic heterocycles. The van der Waals surface area contributed by atoms with Crippen LogP contribution in [0.25, 0.3) is 0 Å². The second kappa shape index (κ2) is 2.71. The predicted octanol–water partition coefficient (Wildman–Crippen LogP) is 2.96. The first-order valence-electron chi connectivity index (χ1n) is 5.95. The van der Waals surface area contributed by atoms with Crippen LogP contribution < -0.4 is 0 Å². The van der Waals surface area contributed by atoms with Gasteiger partial charge in [0.15, 0.2) is 0 Å². The van der Waals surface area contributed by atoms with E-state index < -0.39 is 0 Å². The van der Waals surface area contributed by atoms with Gasteiger partial charge in [0.05, 0.1) is 0 Å². The van der Waals surface area contributed by atoms with E-state index in [0.717, 1.165) is 12.3 Å². The summed E-state index contributed by atoms with van der Waals surface area (Å²) in [4.78, 5) is 11.9. The molecule has 1 heteroatoms. The van der Waals surface area contributed by atoms with Crippen LogP contribution in [0.4, 0.5) is 0 Å². The molecule has 0 saturated heterocycles. The quantitative estimate of drug-likeness (QED) is 0.537. The van der Waals surface area contributed by atoms with Crippen molar-refractivity contribution in [3.05, 3.63) is 12.2 Å². The number of rotatable bonds is 0. The summed E-state index contributed by atoms with van der Waals surface area (Å²) in [5.74, 6) is 2.16. The first-order valence-corrected chi connectivity index (χ1v) is 5.95. The third kappa shape index (κ3) is 0.884. The fourth-order valence-electron chi connectivity index (χ4n) is 4.33. The zero-order valence-corrected chi connectivity index (χ0v) is 8.83. The topological polar surface area (TPSA) is 17.1 Å². The van der Waals surface area contributed by atoms with E-state index in [1.54, 1.807) is 0 Å². The van der Waals surface area contributed by atoms with Crippen LogP contribution in [0.5, 0.6) is 0 Å². The van der Waals surface area contributed by atoms with Gasteiger partial charge in [-0.3, -0.25) is 4.79 Å². The van der Waals surface area contributed by atoms with E-state index in [-0.39, 0.29) is 0 Å². The largest absolute Gasteiger partial charge is 0.299 e. The van der Waals surface area contributed by atoms with Crippen molar-refractivity contribution in [2.24, 2.45) is 23.2 Å². The van der Waals surface area contributed by atoms with E-state index in [9.17, 15) is 4.79 Å². The fraction of sp³-hybridized carbons (Fsp3) is 0.769. The lowest BCUT2D eigenvalue weighted by molar-refractivity contribution is -0.124. The van der Waals surface area contributed by atoms with Crippen LogP contribution in [-0.4, -0.2) is 5.78 Å². The van der Waals surface area contributed by atoms with Crippen LogP contribution in [0.15, 0.2) is 12.2 Å².